The quantitative estimate of drug-likeness (QED) is 0.661. The molecule has 0 saturated carbocycles. The van der Waals surface area contributed by atoms with Crippen LogP contribution in [0.15, 0.2) is 36.4 Å². The minimum absolute atomic E-state index is 0.790. The molecule has 0 unspecified atom stereocenters. The van der Waals surface area contributed by atoms with Crippen molar-refractivity contribution in [3.8, 4) is 11.1 Å². The van der Waals surface area contributed by atoms with Gasteiger partial charge < -0.3 is 0 Å². The topological polar surface area (TPSA) is 0 Å². The van der Waals surface area contributed by atoms with Gasteiger partial charge in [-0.3, -0.25) is 0 Å². The van der Waals surface area contributed by atoms with Gasteiger partial charge in [-0.25, -0.2) is 0 Å². The molecule has 0 nitrogen and oxygen atoms in total. The average Bonchev–Trinajstić information content (AvgIpc) is 2.20. The monoisotopic (exact) mass is 215 g/mol. The van der Waals surface area contributed by atoms with Gasteiger partial charge in [-0.1, -0.05) is 41.9 Å². The number of benzene rings is 2. The Balaban J connectivity index is 2.60. The Morgan fingerprint density at radius 2 is 1.67 bits per heavy atom. The molecular weight excluding hydrogens is 204 g/mol. The smallest absolute Gasteiger partial charge is 0.0484 e. The number of hydrogen-bond donors (Lipinski definition) is 0. The Morgan fingerprint density at radius 3 is 2.33 bits per heavy atom. The highest BCUT2D eigenvalue weighted by Gasteiger charge is 2.05. The molecule has 0 bridgehead atoms. The highest BCUT2D eigenvalue weighted by atomic mass is 35.5. The van der Waals surface area contributed by atoms with Gasteiger partial charge in [0.2, 0.25) is 0 Å². The van der Waals surface area contributed by atoms with E-state index in [9.17, 15) is 0 Å². The number of aryl methyl sites for hydroxylation is 2. The summed E-state index contributed by atoms with van der Waals surface area (Å²) in [6.07, 6.45) is 0. The zero-order valence-corrected chi connectivity index (χ0v) is 9.60. The lowest BCUT2D eigenvalue weighted by atomic mass is 9.99. The summed E-state index contributed by atoms with van der Waals surface area (Å²) in [7, 11) is 0. The van der Waals surface area contributed by atoms with Crippen LogP contribution in [-0.4, -0.2) is 0 Å². The van der Waals surface area contributed by atoms with Crippen LogP contribution in [0.4, 0.5) is 0 Å². The first kappa shape index (κ1) is 10.3. The first-order valence-electron chi connectivity index (χ1n) is 4.93. The fourth-order valence-electron chi connectivity index (χ4n) is 1.71. The third-order valence-electron chi connectivity index (χ3n) is 2.45. The third kappa shape index (κ3) is 2.05. The third-order valence-corrected chi connectivity index (χ3v) is 2.78. The standard InChI is InChI=1S/C14H12Cl/c1-10-7-8-12(11(2)9-10)13-5-3-4-6-14(13)15/h3-8H,1-2H3. The summed E-state index contributed by atoms with van der Waals surface area (Å²) in [6.45, 7) is 4.11. The van der Waals surface area contributed by atoms with Gasteiger partial charge in [0, 0.05) is 10.6 Å². The van der Waals surface area contributed by atoms with Crippen molar-refractivity contribution in [2.75, 3.05) is 0 Å². The Hall–Kier alpha value is -1.27. The van der Waals surface area contributed by atoms with E-state index >= 15 is 0 Å². The molecule has 0 aromatic heterocycles. The van der Waals surface area contributed by atoms with Crippen LogP contribution in [0.5, 0.6) is 0 Å². The summed E-state index contributed by atoms with van der Waals surface area (Å²) in [5, 5.41) is 0.790. The van der Waals surface area contributed by atoms with Crippen molar-refractivity contribution in [2.45, 2.75) is 13.8 Å². The molecule has 2 aromatic carbocycles. The largest absolute Gasteiger partial charge is 0.0837 e. The second kappa shape index (κ2) is 4.08. The Morgan fingerprint density at radius 1 is 0.933 bits per heavy atom. The molecule has 1 radical (unpaired) electrons. The van der Waals surface area contributed by atoms with Gasteiger partial charge in [-0.05, 0) is 42.7 Å². The van der Waals surface area contributed by atoms with Gasteiger partial charge in [0.15, 0.2) is 0 Å². The van der Waals surface area contributed by atoms with Crippen LogP contribution in [0.2, 0.25) is 5.02 Å². The van der Waals surface area contributed by atoms with Crippen molar-refractivity contribution in [1.29, 1.82) is 0 Å². The zero-order chi connectivity index (χ0) is 10.8. The number of halogens is 1. The fourth-order valence-corrected chi connectivity index (χ4v) is 1.95. The van der Waals surface area contributed by atoms with E-state index in [0.29, 0.717) is 0 Å². The molecule has 0 aliphatic heterocycles. The van der Waals surface area contributed by atoms with E-state index in [1.54, 1.807) is 0 Å². The maximum absolute atomic E-state index is 6.16. The average molecular weight is 216 g/mol. The van der Waals surface area contributed by atoms with Gasteiger partial charge in [-0.2, -0.15) is 0 Å². The van der Waals surface area contributed by atoms with Crippen molar-refractivity contribution in [3.63, 3.8) is 0 Å². The summed E-state index contributed by atoms with van der Waals surface area (Å²) in [4.78, 5) is 0. The molecule has 0 aliphatic rings. The first-order chi connectivity index (χ1) is 7.18. The van der Waals surface area contributed by atoms with Crippen molar-refractivity contribution < 1.29 is 0 Å². The molecule has 75 valence electrons. The van der Waals surface area contributed by atoms with E-state index in [0.717, 1.165) is 27.3 Å². The minimum atomic E-state index is 0.790. The molecule has 15 heavy (non-hydrogen) atoms. The molecule has 2 rings (SSSR count). The van der Waals surface area contributed by atoms with E-state index in [4.69, 9.17) is 11.6 Å². The molecule has 0 N–H and O–H groups in total. The van der Waals surface area contributed by atoms with Crippen molar-refractivity contribution in [2.24, 2.45) is 0 Å². The van der Waals surface area contributed by atoms with Gasteiger partial charge in [-0.15, -0.1) is 0 Å². The van der Waals surface area contributed by atoms with Crippen LogP contribution < -0.4 is 0 Å². The molecule has 0 heterocycles. The van der Waals surface area contributed by atoms with E-state index in [1.807, 2.05) is 31.2 Å². The molecular formula is C14H12Cl. The number of rotatable bonds is 1. The SMILES string of the molecule is Cc1[c]c(C)c(-c2ccccc2Cl)cc1. The lowest BCUT2D eigenvalue weighted by molar-refractivity contribution is 1.37. The Bertz CT molecular complexity index is 486. The van der Waals surface area contributed by atoms with Crippen molar-refractivity contribution in [3.05, 3.63) is 58.6 Å². The maximum atomic E-state index is 6.16. The summed E-state index contributed by atoms with van der Waals surface area (Å²) < 4.78 is 0. The van der Waals surface area contributed by atoms with Crippen molar-refractivity contribution >= 4 is 11.6 Å². The van der Waals surface area contributed by atoms with Gasteiger partial charge in [0.1, 0.15) is 0 Å². The molecule has 0 atom stereocenters. The van der Waals surface area contributed by atoms with Crippen molar-refractivity contribution in [1.82, 2.24) is 0 Å². The van der Waals surface area contributed by atoms with E-state index in [-0.39, 0.29) is 0 Å². The fraction of sp³-hybridized carbons (Fsp3) is 0.143. The van der Waals surface area contributed by atoms with Gasteiger partial charge >= 0.3 is 0 Å². The predicted octanol–water partition coefficient (Wildman–Crippen LogP) is 4.42. The lowest BCUT2D eigenvalue weighted by Crippen LogP contribution is -1.85. The first-order valence-corrected chi connectivity index (χ1v) is 5.30. The summed E-state index contributed by atoms with van der Waals surface area (Å²) in [5.74, 6) is 0. The maximum Gasteiger partial charge on any atom is 0.0484 e. The Labute approximate surface area is 95.5 Å². The molecule has 0 spiro atoms. The normalized spacial score (nSPS) is 10.3. The van der Waals surface area contributed by atoms with E-state index in [2.05, 4.69) is 25.1 Å². The molecule has 0 aliphatic carbocycles. The van der Waals surface area contributed by atoms with Crippen LogP contribution in [-0.2, 0) is 0 Å². The minimum Gasteiger partial charge on any atom is -0.0837 e. The molecule has 0 saturated heterocycles. The molecule has 1 heteroatoms. The number of hydrogen-bond acceptors (Lipinski definition) is 0. The van der Waals surface area contributed by atoms with Crippen LogP contribution in [0.25, 0.3) is 11.1 Å². The van der Waals surface area contributed by atoms with E-state index in [1.165, 1.54) is 0 Å². The Kier molecular flexibility index (Phi) is 2.79. The zero-order valence-electron chi connectivity index (χ0n) is 8.84. The highest BCUT2D eigenvalue weighted by Crippen LogP contribution is 2.29. The summed E-state index contributed by atoms with van der Waals surface area (Å²) in [6, 6.07) is 15.4. The molecule has 0 amide bonds. The van der Waals surface area contributed by atoms with Crippen LogP contribution >= 0.6 is 11.6 Å². The lowest BCUT2D eigenvalue weighted by Gasteiger charge is -2.08. The second-order valence-corrected chi connectivity index (χ2v) is 4.07. The highest BCUT2D eigenvalue weighted by molar-refractivity contribution is 6.33. The predicted molar refractivity (Wildman–Crippen MR) is 65.2 cm³/mol. The van der Waals surface area contributed by atoms with Gasteiger partial charge in [0.25, 0.3) is 0 Å². The van der Waals surface area contributed by atoms with Gasteiger partial charge in [0.05, 0.1) is 0 Å². The molecule has 0 fully saturated rings. The molecule has 2 aromatic rings. The van der Waals surface area contributed by atoms with E-state index < -0.39 is 0 Å². The summed E-state index contributed by atoms with van der Waals surface area (Å²) >= 11 is 6.16. The second-order valence-electron chi connectivity index (χ2n) is 3.66. The summed E-state index contributed by atoms with van der Waals surface area (Å²) in [5.41, 5.74) is 4.53. The van der Waals surface area contributed by atoms with Crippen LogP contribution in [0.3, 0.4) is 0 Å². The van der Waals surface area contributed by atoms with Crippen LogP contribution in [0, 0.1) is 19.9 Å². The van der Waals surface area contributed by atoms with Crippen LogP contribution in [0.1, 0.15) is 11.1 Å².